The number of carbonyl (C=O) groups is 1. The Balaban J connectivity index is 0.00000288. The van der Waals surface area contributed by atoms with Crippen LogP contribution in [0, 0.1) is 0 Å². The third-order valence-corrected chi connectivity index (χ3v) is 3.76. The van der Waals surface area contributed by atoms with Gasteiger partial charge in [-0.25, -0.2) is 0 Å². The van der Waals surface area contributed by atoms with Crippen molar-refractivity contribution in [3.8, 4) is 5.75 Å². The largest absolute Gasteiger partial charge is 0.506 e. The van der Waals surface area contributed by atoms with E-state index in [0.29, 0.717) is 12.1 Å². The van der Waals surface area contributed by atoms with Crippen molar-refractivity contribution < 1.29 is 9.90 Å². The Hall–Kier alpha value is -2.04. The van der Waals surface area contributed by atoms with Gasteiger partial charge in [-0.3, -0.25) is 4.79 Å². The predicted octanol–water partition coefficient (Wildman–Crippen LogP) is 3.62. The van der Waals surface area contributed by atoms with E-state index in [1.54, 1.807) is 12.1 Å². The summed E-state index contributed by atoms with van der Waals surface area (Å²) in [5.41, 5.74) is 8.33. The zero-order chi connectivity index (χ0) is 17.0. The number of phenolic OH excluding ortho intramolecular Hbond substituents is 1. The fraction of sp³-hybridized carbons (Fsp3) is 0.316. The highest BCUT2D eigenvalue weighted by molar-refractivity contribution is 5.96. The van der Waals surface area contributed by atoms with E-state index in [1.807, 2.05) is 36.4 Å². The number of hydrogen-bond acceptors (Lipinski definition) is 3. The van der Waals surface area contributed by atoms with Gasteiger partial charge < -0.3 is 16.2 Å². The maximum Gasteiger partial charge on any atom is 0.241 e. The molecule has 5 heteroatoms. The Morgan fingerprint density at radius 3 is 2.38 bits per heavy atom. The van der Waals surface area contributed by atoms with Crippen LogP contribution in [0.1, 0.15) is 31.9 Å². The van der Waals surface area contributed by atoms with Crippen molar-refractivity contribution >= 4 is 24.0 Å². The summed E-state index contributed by atoms with van der Waals surface area (Å²) in [5, 5.41) is 12.7. The Morgan fingerprint density at radius 1 is 1.17 bits per heavy atom. The van der Waals surface area contributed by atoms with Crippen LogP contribution in [-0.4, -0.2) is 17.1 Å². The highest BCUT2D eigenvalue weighted by Gasteiger charge is 2.19. The first-order chi connectivity index (χ1) is 10.8. The van der Waals surface area contributed by atoms with Crippen molar-refractivity contribution in [2.75, 3.05) is 5.32 Å². The summed E-state index contributed by atoms with van der Waals surface area (Å²) < 4.78 is 0. The second kappa shape index (κ2) is 8.18. The van der Waals surface area contributed by atoms with Crippen LogP contribution in [0.25, 0.3) is 0 Å². The van der Waals surface area contributed by atoms with E-state index in [0.717, 1.165) is 11.1 Å². The van der Waals surface area contributed by atoms with Crippen LogP contribution >= 0.6 is 12.4 Å². The Kier molecular flexibility index (Phi) is 6.81. The molecule has 0 saturated heterocycles. The molecule has 1 atom stereocenters. The summed E-state index contributed by atoms with van der Waals surface area (Å²) in [5.74, 6) is -0.270. The lowest BCUT2D eigenvalue weighted by Gasteiger charge is -2.21. The van der Waals surface area contributed by atoms with Crippen LogP contribution in [0.3, 0.4) is 0 Å². The number of carbonyl (C=O) groups excluding carboxylic acids is 1. The number of hydrogen-bond donors (Lipinski definition) is 3. The van der Waals surface area contributed by atoms with Crippen LogP contribution in [-0.2, 0) is 16.6 Å². The summed E-state index contributed by atoms with van der Waals surface area (Å²) in [4.78, 5) is 12.3. The Morgan fingerprint density at radius 2 is 1.79 bits per heavy atom. The number of halogens is 1. The highest BCUT2D eigenvalue weighted by Crippen LogP contribution is 2.30. The summed E-state index contributed by atoms with van der Waals surface area (Å²) in [7, 11) is 0. The third kappa shape index (κ3) is 5.25. The van der Waals surface area contributed by atoms with Gasteiger partial charge in [0.2, 0.25) is 5.91 Å². The first-order valence-corrected chi connectivity index (χ1v) is 7.71. The van der Waals surface area contributed by atoms with Crippen molar-refractivity contribution in [2.24, 2.45) is 5.73 Å². The molecule has 130 valence electrons. The zero-order valence-corrected chi connectivity index (χ0v) is 15.1. The molecule has 4 nitrogen and oxygen atoms in total. The molecular weight excluding hydrogens is 324 g/mol. The Bertz CT molecular complexity index is 682. The average molecular weight is 349 g/mol. The number of benzene rings is 2. The van der Waals surface area contributed by atoms with Gasteiger partial charge in [-0.1, -0.05) is 57.2 Å². The molecule has 0 aromatic heterocycles. The molecule has 2 aromatic carbocycles. The third-order valence-electron chi connectivity index (χ3n) is 3.76. The maximum absolute atomic E-state index is 12.3. The molecule has 0 radical (unpaired) electrons. The smallest absolute Gasteiger partial charge is 0.241 e. The van der Waals surface area contributed by atoms with E-state index >= 15 is 0 Å². The van der Waals surface area contributed by atoms with Crippen LogP contribution in [0.15, 0.2) is 48.5 Å². The number of amides is 1. The van der Waals surface area contributed by atoms with Crippen LogP contribution < -0.4 is 11.1 Å². The van der Waals surface area contributed by atoms with E-state index in [-0.39, 0.29) is 29.5 Å². The SMILES string of the molecule is CC(C)(C)c1ccc(O)c(NC(=O)C(N)Cc2ccccc2)c1.Cl. The number of phenols is 1. The van der Waals surface area contributed by atoms with Gasteiger partial charge in [-0.05, 0) is 35.1 Å². The molecule has 1 unspecified atom stereocenters. The standard InChI is InChI=1S/C19H24N2O2.ClH/c1-19(2,3)14-9-10-17(22)16(12-14)21-18(23)15(20)11-13-7-5-4-6-8-13;/h4-10,12,15,22H,11,20H2,1-3H3,(H,21,23);1H. The lowest BCUT2D eigenvalue weighted by Crippen LogP contribution is -2.37. The number of aromatic hydroxyl groups is 1. The second-order valence-electron chi connectivity index (χ2n) is 6.77. The molecule has 0 saturated carbocycles. The van der Waals surface area contributed by atoms with Gasteiger partial charge in [0, 0.05) is 0 Å². The highest BCUT2D eigenvalue weighted by atomic mass is 35.5. The predicted molar refractivity (Wildman–Crippen MR) is 101 cm³/mol. The molecule has 4 N–H and O–H groups in total. The van der Waals surface area contributed by atoms with Gasteiger partial charge >= 0.3 is 0 Å². The van der Waals surface area contributed by atoms with Crippen LogP contribution in [0.5, 0.6) is 5.75 Å². The number of nitrogens with one attached hydrogen (secondary N) is 1. The molecule has 0 fully saturated rings. The van der Waals surface area contributed by atoms with Gasteiger partial charge in [0.1, 0.15) is 5.75 Å². The second-order valence-corrected chi connectivity index (χ2v) is 6.77. The van der Waals surface area contributed by atoms with Gasteiger partial charge in [0.05, 0.1) is 11.7 Å². The number of rotatable bonds is 4. The quantitative estimate of drug-likeness (QED) is 0.739. The molecule has 0 aliphatic carbocycles. The monoisotopic (exact) mass is 348 g/mol. The molecule has 2 rings (SSSR count). The summed E-state index contributed by atoms with van der Waals surface area (Å²) in [6.45, 7) is 6.23. The molecular formula is C19H25ClN2O2. The van der Waals surface area contributed by atoms with Crippen molar-refractivity contribution in [3.63, 3.8) is 0 Å². The van der Waals surface area contributed by atoms with E-state index in [2.05, 4.69) is 26.1 Å². The molecule has 0 heterocycles. The van der Waals surface area contributed by atoms with E-state index < -0.39 is 6.04 Å². The fourth-order valence-electron chi connectivity index (χ4n) is 2.29. The molecule has 0 aliphatic rings. The molecule has 0 bridgehead atoms. The molecule has 0 aliphatic heterocycles. The van der Waals surface area contributed by atoms with Gasteiger partial charge in [0.15, 0.2) is 0 Å². The van der Waals surface area contributed by atoms with Crippen molar-refractivity contribution in [2.45, 2.75) is 38.6 Å². The first kappa shape index (κ1) is 20.0. The molecule has 2 aromatic rings. The minimum Gasteiger partial charge on any atom is -0.506 e. The minimum atomic E-state index is -0.671. The van der Waals surface area contributed by atoms with Gasteiger partial charge in [-0.2, -0.15) is 0 Å². The molecule has 0 spiro atoms. The summed E-state index contributed by atoms with van der Waals surface area (Å²) >= 11 is 0. The summed E-state index contributed by atoms with van der Waals surface area (Å²) in [6.07, 6.45) is 0.451. The molecule has 1 amide bonds. The molecule has 24 heavy (non-hydrogen) atoms. The van der Waals surface area contributed by atoms with Crippen molar-refractivity contribution in [1.29, 1.82) is 0 Å². The summed E-state index contributed by atoms with van der Waals surface area (Å²) in [6, 6.07) is 14.2. The lowest BCUT2D eigenvalue weighted by atomic mass is 9.87. The maximum atomic E-state index is 12.3. The van der Waals surface area contributed by atoms with E-state index in [4.69, 9.17) is 5.73 Å². The van der Waals surface area contributed by atoms with Gasteiger partial charge in [0.25, 0.3) is 0 Å². The minimum absolute atomic E-state index is 0. The lowest BCUT2D eigenvalue weighted by molar-refractivity contribution is -0.117. The van der Waals surface area contributed by atoms with Crippen molar-refractivity contribution in [3.05, 3.63) is 59.7 Å². The normalized spacial score (nSPS) is 12.2. The number of nitrogens with two attached hydrogens (primary N) is 1. The van der Waals surface area contributed by atoms with E-state index in [9.17, 15) is 9.90 Å². The van der Waals surface area contributed by atoms with Crippen molar-refractivity contribution in [1.82, 2.24) is 0 Å². The Labute approximate surface area is 149 Å². The van der Waals surface area contributed by atoms with Crippen LogP contribution in [0.4, 0.5) is 5.69 Å². The average Bonchev–Trinajstić information content (AvgIpc) is 2.49. The number of anilines is 1. The fourth-order valence-corrected chi connectivity index (χ4v) is 2.29. The first-order valence-electron chi connectivity index (χ1n) is 7.71. The van der Waals surface area contributed by atoms with Crippen LogP contribution in [0.2, 0.25) is 0 Å². The van der Waals surface area contributed by atoms with Gasteiger partial charge in [-0.15, -0.1) is 12.4 Å². The topological polar surface area (TPSA) is 75.3 Å². The zero-order valence-electron chi connectivity index (χ0n) is 14.2. The van der Waals surface area contributed by atoms with E-state index in [1.165, 1.54) is 0 Å².